The van der Waals surface area contributed by atoms with E-state index in [4.69, 9.17) is 14.2 Å². The molecule has 0 spiro atoms. The van der Waals surface area contributed by atoms with E-state index in [1.54, 1.807) is 6.92 Å². The summed E-state index contributed by atoms with van der Waals surface area (Å²) < 4.78 is 17.4. The van der Waals surface area contributed by atoms with Crippen LogP contribution in [0.3, 0.4) is 0 Å². The van der Waals surface area contributed by atoms with Crippen molar-refractivity contribution in [1.29, 1.82) is 0 Å². The normalized spacial score (nSPS) is 15.6. The van der Waals surface area contributed by atoms with Crippen molar-refractivity contribution in [3.8, 4) is 5.75 Å². The summed E-state index contributed by atoms with van der Waals surface area (Å²) in [6.45, 7) is 12.7. The van der Waals surface area contributed by atoms with Gasteiger partial charge in [0.15, 0.2) is 0 Å². The van der Waals surface area contributed by atoms with Gasteiger partial charge in [0, 0.05) is 42.5 Å². The van der Waals surface area contributed by atoms with Gasteiger partial charge in [-0.1, -0.05) is 26.0 Å². The second-order valence-corrected chi connectivity index (χ2v) is 8.71. The average Bonchev–Trinajstić information content (AvgIpc) is 3.48. The fourth-order valence-corrected chi connectivity index (χ4v) is 4.27. The first kappa shape index (κ1) is 25.4. The first-order valence-electron chi connectivity index (χ1n) is 12.7. The highest BCUT2D eigenvalue weighted by Gasteiger charge is 2.29. The maximum atomic E-state index is 12.7. The molecule has 0 bridgehead atoms. The standard InChI is InChI=1S/C28H36N4O4/c1-5-32(6-2)13-14-35-21-10-11-25(19(4)15-21)31-27-24(28(33)34-7-3)17-22(36-27)16-20-18-30-26-23(20)9-8-12-29-26/h8-11,15-16,18,29-31H,5-7,12-14,17H2,1-4H3/b22-16-. The molecule has 8 heteroatoms. The lowest BCUT2D eigenvalue weighted by Gasteiger charge is -2.18. The van der Waals surface area contributed by atoms with Crippen LogP contribution in [0, 0.1) is 6.92 Å². The van der Waals surface area contributed by atoms with Crippen LogP contribution >= 0.6 is 0 Å². The Morgan fingerprint density at radius 1 is 1.25 bits per heavy atom. The van der Waals surface area contributed by atoms with E-state index in [1.165, 1.54) is 0 Å². The molecule has 0 atom stereocenters. The quantitative estimate of drug-likeness (QED) is 0.375. The minimum Gasteiger partial charge on any atom is -0.492 e. The van der Waals surface area contributed by atoms with Crippen molar-refractivity contribution in [2.45, 2.75) is 34.1 Å². The molecule has 0 fully saturated rings. The summed E-state index contributed by atoms with van der Waals surface area (Å²) in [5, 5.41) is 6.61. The maximum Gasteiger partial charge on any atom is 0.339 e. The van der Waals surface area contributed by atoms with Crippen LogP contribution in [0.2, 0.25) is 0 Å². The summed E-state index contributed by atoms with van der Waals surface area (Å²) in [4.78, 5) is 18.3. The number of rotatable bonds is 11. The molecule has 192 valence electrons. The fourth-order valence-electron chi connectivity index (χ4n) is 4.27. The van der Waals surface area contributed by atoms with Gasteiger partial charge < -0.3 is 34.7 Å². The highest BCUT2D eigenvalue weighted by Crippen LogP contribution is 2.34. The van der Waals surface area contributed by atoms with E-state index >= 15 is 0 Å². The Labute approximate surface area is 213 Å². The first-order valence-corrected chi connectivity index (χ1v) is 12.7. The number of nitrogens with zero attached hydrogens (tertiary/aromatic N) is 1. The topological polar surface area (TPSA) is 87.8 Å². The average molecular weight is 493 g/mol. The van der Waals surface area contributed by atoms with Gasteiger partial charge >= 0.3 is 5.97 Å². The van der Waals surface area contributed by atoms with Crippen molar-refractivity contribution < 1.29 is 19.0 Å². The molecule has 0 radical (unpaired) electrons. The van der Waals surface area contributed by atoms with Gasteiger partial charge in [-0.25, -0.2) is 4.79 Å². The Balaban J connectivity index is 1.48. The number of aryl methyl sites for hydroxylation is 1. The number of nitrogens with one attached hydrogen (secondary N) is 3. The van der Waals surface area contributed by atoms with Crippen molar-refractivity contribution in [2.24, 2.45) is 0 Å². The minimum atomic E-state index is -0.380. The fraction of sp³-hybridized carbons (Fsp3) is 0.393. The molecule has 2 aromatic rings. The number of aromatic nitrogens is 1. The van der Waals surface area contributed by atoms with Crippen LogP contribution in [-0.2, 0) is 14.3 Å². The van der Waals surface area contributed by atoms with Crippen LogP contribution in [0.15, 0.2) is 47.7 Å². The Morgan fingerprint density at radius 2 is 2.08 bits per heavy atom. The number of ether oxygens (including phenoxy) is 3. The summed E-state index contributed by atoms with van der Waals surface area (Å²) in [7, 11) is 0. The van der Waals surface area contributed by atoms with Crippen LogP contribution in [0.4, 0.5) is 11.5 Å². The summed E-state index contributed by atoms with van der Waals surface area (Å²) in [5.74, 6) is 2.49. The molecule has 8 nitrogen and oxygen atoms in total. The molecule has 0 unspecified atom stereocenters. The lowest BCUT2D eigenvalue weighted by Crippen LogP contribution is -2.27. The predicted octanol–water partition coefficient (Wildman–Crippen LogP) is 5.13. The van der Waals surface area contributed by atoms with E-state index in [2.05, 4.69) is 46.5 Å². The third-order valence-corrected chi connectivity index (χ3v) is 6.35. The minimum absolute atomic E-state index is 0.301. The van der Waals surface area contributed by atoms with E-state index in [9.17, 15) is 4.79 Å². The maximum absolute atomic E-state index is 12.7. The molecule has 4 rings (SSSR count). The number of anilines is 2. The number of benzene rings is 1. The van der Waals surface area contributed by atoms with Crippen LogP contribution in [0.1, 0.15) is 43.9 Å². The number of likely N-dealkylation sites (N-methyl/N-ethyl adjacent to an activating group) is 1. The lowest BCUT2D eigenvalue weighted by molar-refractivity contribution is -0.138. The third kappa shape index (κ3) is 5.94. The molecule has 0 amide bonds. The third-order valence-electron chi connectivity index (χ3n) is 6.35. The summed E-state index contributed by atoms with van der Waals surface area (Å²) >= 11 is 0. The number of hydrogen-bond donors (Lipinski definition) is 3. The van der Waals surface area contributed by atoms with Crippen molar-refractivity contribution in [3.05, 3.63) is 64.4 Å². The van der Waals surface area contributed by atoms with Crippen molar-refractivity contribution in [3.63, 3.8) is 0 Å². The molecule has 2 aliphatic heterocycles. The Hall–Kier alpha value is -3.65. The molecule has 1 aromatic carbocycles. The molecule has 3 N–H and O–H groups in total. The number of aromatic amines is 1. The van der Waals surface area contributed by atoms with E-state index in [0.29, 0.717) is 36.8 Å². The molecule has 36 heavy (non-hydrogen) atoms. The number of hydrogen-bond acceptors (Lipinski definition) is 7. The zero-order valence-electron chi connectivity index (χ0n) is 21.6. The summed E-state index contributed by atoms with van der Waals surface area (Å²) in [6.07, 6.45) is 8.40. The Morgan fingerprint density at radius 3 is 2.83 bits per heavy atom. The molecular weight excluding hydrogens is 456 g/mol. The zero-order valence-corrected chi connectivity index (χ0v) is 21.6. The van der Waals surface area contributed by atoms with Gasteiger partial charge in [-0.15, -0.1) is 0 Å². The highest BCUT2D eigenvalue weighted by atomic mass is 16.5. The Bertz CT molecular complexity index is 1170. The van der Waals surface area contributed by atoms with Crippen molar-refractivity contribution in [2.75, 3.05) is 50.0 Å². The second kappa shape index (κ2) is 11.9. The van der Waals surface area contributed by atoms with Gasteiger partial charge in [0.05, 0.1) is 6.61 Å². The van der Waals surface area contributed by atoms with Crippen molar-refractivity contribution in [1.82, 2.24) is 9.88 Å². The monoisotopic (exact) mass is 492 g/mol. The van der Waals surface area contributed by atoms with Gasteiger partial charge in [-0.3, -0.25) is 0 Å². The van der Waals surface area contributed by atoms with Crippen molar-refractivity contribution >= 4 is 29.6 Å². The largest absolute Gasteiger partial charge is 0.492 e. The van der Waals surface area contributed by atoms with Crippen LogP contribution in [0.25, 0.3) is 12.2 Å². The molecule has 0 saturated heterocycles. The number of carbonyl (C=O) groups excluding carboxylic acids is 1. The number of esters is 1. The van der Waals surface area contributed by atoms with Gasteiger partial charge in [-0.05, 0) is 56.8 Å². The van der Waals surface area contributed by atoms with Gasteiger partial charge in [-0.2, -0.15) is 0 Å². The van der Waals surface area contributed by atoms with E-state index < -0.39 is 0 Å². The summed E-state index contributed by atoms with van der Waals surface area (Å²) in [5.41, 5.74) is 4.37. The lowest BCUT2D eigenvalue weighted by atomic mass is 10.1. The molecule has 2 aliphatic rings. The molecule has 1 aromatic heterocycles. The van der Waals surface area contributed by atoms with Gasteiger partial charge in [0.2, 0.25) is 5.88 Å². The van der Waals surface area contributed by atoms with E-state index in [-0.39, 0.29) is 5.97 Å². The number of allylic oxidation sites excluding steroid dienone is 1. The highest BCUT2D eigenvalue weighted by molar-refractivity contribution is 5.91. The summed E-state index contributed by atoms with van der Waals surface area (Å²) in [6, 6.07) is 5.87. The van der Waals surface area contributed by atoms with Crippen LogP contribution in [-0.4, -0.2) is 55.2 Å². The second-order valence-electron chi connectivity index (χ2n) is 8.71. The predicted molar refractivity (Wildman–Crippen MR) is 144 cm³/mol. The molecule has 3 heterocycles. The van der Waals surface area contributed by atoms with E-state index in [1.807, 2.05) is 37.4 Å². The smallest absolute Gasteiger partial charge is 0.339 e. The number of carbonyl (C=O) groups is 1. The SMILES string of the molecule is CCOC(=O)C1=C(Nc2ccc(OCCN(CC)CC)cc2C)O/C(=C\c2c[nH]c3c2C=CCN3)C1. The molecular formula is C28H36N4O4. The molecule has 0 saturated carbocycles. The molecule has 0 aliphatic carbocycles. The zero-order chi connectivity index (χ0) is 25.5. The van der Waals surface area contributed by atoms with Gasteiger partial charge in [0.1, 0.15) is 29.5 Å². The number of H-pyrrole nitrogens is 1. The van der Waals surface area contributed by atoms with Gasteiger partial charge in [0.25, 0.3) is 0 Å². The number of fused-ring (bicyclic) bond motifs is 1. The van der Waals surface area contributed by atoms with Crippen LogP contribution < -0.4 is 15.4 Å². The van der Waals surface area contributed by atoms with E-state index in [0.717, 1.165) is 60.1 Å². The Kier molecular flexibility index (Phi) is 8.38. The first-order chi connectivity index (χ1) is 17.5. The van der Waals surface area contributed by atoms with Crippen LogP contribution in [0.5, 0.6) is 5.75 Å².